The average Bonchev–Trinajstić information content (AvgIpc) is 2.60. The predicted molar refractivity (Wildman–Crippen MR) is 106 cm³/mol. The van der Waals surface area contributed by atoms with E-state index in [2.05, 4.69) is 25.1 Å². The zero-order chi connectivity index (χ0) is 17.9. The van der Waals surface area contributed by atoms with Gasteiger partial charge in [-0.3, -0.25) is 4.55 Å². The Labute approximate surface area is 154 Å². The lowest BCUT2D eigenvalue weighted by atomic mass is 10.0. The summed E-state index contributed by atoms with van der Waals surface area (Å²) in [6.45, 7) is 2.26. The van der Waals surface area contributed by atoms with Gasteiger partial charge in [-0.2, -0.15) is 4.21 Å². The van der Waals surface area contributed by atoms with Gasteiger partial charge in [0.2, 0.25) is 0 Å². The molecule has 0 aromatic heterocycles. The summed E-state index contributed by atoms with van der Waals surface area (Å²) >= 11 is -2.27. The van der Waals surface area contributed by atoms with Crippen molar-refractivity contribution in [3.8, 4) is 5.75 Å². The molecule has 0 heterocycles. The van der Waals surface area contributed by atoms with Crippen LogP contribution in [0.4, 0.5) is 0 Å². The van der Waals surface area contributed by atoms with Crippen molar-refractivity contribution < 1.29 is 12.9 Å². The van der Waals surface area contributed by atoms with Gasteiger partial charge >= 0.3 is 11.4 Å². The van der Waals surface area contributed by atoms with Gasteiger partial charge in [-0.1, -0.05) is 82.6 Å². The summed E-state index contributed by atoms with van der Waals surface area (Å²) in [5.74, 6) is 0.417. The topological polar surface area (TPSA) is 46.5 Å². The molecule has 3 nitrogen and oxygen atoms in total. The van der Waals surface area contributed by atoms with Crippen molar-refractivity contribution in [2.75, 3.05) is 0 Å². The third kappa shape index (κ3) is 7.57. The van der Waals surface area contributed by atoms with Crippen LogP contribution >= 0.6 is 0 Å². The second-order valence-corrected chi connectivity index (χ2v) is 7.32. The molecule has 2 aromatic rings. The lowest BCUT2D eigenvalue weighted by Gasteiger charge is -2.06. The first kappa shape index (κ1) is 19.9. The lowest BCUT2D eigenvalue weighted by molar-refractivity contribution is 0.458. The van der Waals surface area contributed by atoms with Crippen LogP contribution < -0.4 is 4.18 Å². The smallest absolute Gasteiger partial charge is 0.357 e. The Morgan fingerprint density at radius 3 is 2.12 bits per heavy atom. The number of hydrogen-bond donors (Lipinski definition) is 1. The Morgan fingerprint density at radius 2 is 1.44 bits per heavy atom. The first-order valence-corrected chi connectivity index (χ1v) is 10.5. The van der Waals surface area contributed by atoms with E-state index in [4.69, 9.17) is 8.74 Å². The fourth-order valence-corrected chi connectivity index (χ4v) is 3.47. The molecule has 1 N–H and O–H groups in total. The summed E-state index contributed by atoms with van der Waals surface area (Å²) in [7, 11) is 0. The molecule has 0 aliphatic rings. The van der Waals surface area contributed by atoms with Crippen molar-refractivity contribution in [2.24, 2.45) is 0 Å². The van der Waals surface area contributed by atoms with E-state index in [9.17, 15) is 4.21 Å². The third-order valence-electron chi connectivity index (χ3n) is 4.61. The fourth-order valence-electron chi connectivity index (χ4n) is 3.20. The van der Waals surface area contributed by atoms with Crippen LogP contribution in [0.5, 0.6) is 5.75 Å². The van der Waals surface area contributed by atoms with Gasteiger partial charge in [-0.15, -0.1) is 0 Å². The van der Waals surface area contributed by atoms with Crippen molar-refractivity contribution in [3.63, 3.8) is 0 Å². The lowest BCUT2D eigenvalue weighted by Crippen LogP contribution is -1.97. The van der Waals surface area contributed by atoms with Gasteiger partial charge in [-0.25, -0.2) is 0 Å². The highest BCUT2D eigenvalue weighted by Gasteiger charge is 2.02. The molecule has 0 aliphatic heterocycles. The second kappa shape index (κ2) is 11.3. The van der Waals surface area contributed by atoms with Crippen LogP contribution in [0.25, 0.3) is 10.8 Å². The maximum Gasteiger partial charge on any atom is 0.357 e. The highest BCUT2D eigenvalue weighted by molar-refractivity contribution is 7.74. The molecule has 1 unspecified atom stereocenters. The van der Waals surface area contributed by atoms with Gasteiger partial charge in [0.25, 0.3) is 0 Å². The van der Waals surface area contributed by atoms with E-state index in [1.165, 1.54) is 63.4 Å². The van der Waals surface area contributed by atoms with E-state index in [0.717, 1.165) is 17.2 Å². The van der Waals surface area contributed by atoms with Crippen molar-refractivity contribution >= 4 is 22.1 Å². The molecular weight excluding hydrogens is 332 g/mol. The number of fused-ring (bicyclic) bond motifs is 1. The van der Waals surface area contributed by atoms with E-state index in [1.807, 2.05) is 6.07 Å². The highest BCUT2D eigenvalue weighted by Crippen LogP contribution is 2.23. The van der Waals surface area contributed by atoms with E-state index in [1.54, 1.807) is 12.1 Å². The van der Waals surface area contributed by atoms with Crippen LogP contribution in [-0.2, 0) is 17.8 Å². The third-order valence-corrected chi connectivity index (χ3v) is 4.95. The van der Waals surface area contributed by atoms with Crippen molar-refractivity contribution in [1.29, 1.82) is 0 Å². The first-order valence-electron chi connectivity index (χ1n) is 9.51. The molecule has 0 bridgehead atoms. The van der Waals surface area contributed by atoms with Crippen LogP contribution in [0.3, 0.4) is 0 Å². The molecule has 2 aromatic carbocycles. The molecule has 0 spiro atoms. The fraction of sp³-hybridized carbons (Fsp3) is 0.524. The van der Waals surface area contributed by atoms with Crippen molar-refractivity contribution in [3.05, 3.63) is 42.0 Å². The molecule has 0 saturated carbocycles. The van der Waals surface area contributed by atoms with Crippen LogP contribution in [0.15, 0.2) is 36.4 Å². The Kier molecular flexibility index (Phi) is 8.98. The summed E-state index contributed by atoms with van der Waals surface area (Å²) < 4.78 is 24.3. The summed E-state index contributed by atoms with van der Waals surface area (Å²) in [6.07, 6.45) is 13.3. The maximum absolute atomic E-state index is 10.7. The monoisotopic (exact) mass is 362 g/mol. The van der Waals surface area contributed by atoms with Crippen LogP contribution in [-0.4, -0.2) is 8.76 Å². The minimum atomic E-state index is -2.27. The summed E-state index contributed by atoms with van der Waals surface area (Å²) in [6, 6.07) is 11.9. The predicted octanol–water partition coefficient (Wildman–Crippen LogP) is 6.43. The molecule has 138 valence electrons. The maximum atomic E-state index is 10.7. The molecule has 1 atom stereocenters. The van der Waals surface area contributed by atoms with Gasteiger partial charge < -0.3 is 4.18 Å². The number of aryl methyl sites for hydroxylation is 1. The van der Waals surface area contributed by atoms with E-state index in [0.29, 0.717) is 5.75 Å². The summed E-state index contributed by atoms with van der Waals surface area (Å²) in [5, 5.41) is 2.17. The minimum Gasteiger partial charge on any atom is -0.380 e. The molecule has 0 aliphatic carbocycles. The van der Waals surface area contributed by atoms with Gasteiger partial charge in [0, 0.05) is 0 Å². The Bertz CT molecular complexity index is 669. The Balaban J connectivity index is 1.72. The van der Waals surface area contributed by atoms with Gasteiger partial charge in [0.1, 0.15) is 5.75 Å². The molecule has 2 rings (SSSR count). The van der Waals surface area contributed by atoms with E-state index in [-0.39, 0.29) is 0 Å². The largest absolute Gasteiger partial charge is 0.380 e. The number of unbranched alkanes of at least 4 members (excludes halogenated alkanes) is 8. The first-order chi connectivity index (χ1) is 12.2. The van der Waals surface area contributed by atoms with Crippen molar-refractivity contribution in [2.45, 2.75) is 71.1 Å². The standard InChI is InChI=1S/C21H30O3S/c1-2-3-4-5-6-7-8-9-10-11-18-12-13-20-17-21(24-25(22)23)15-14-19(20)16-18/h12-17H,2-11H2,1H3,(H,22,23). The van der Waals surface area contributed by atoms with Gasteiger partial charge in [-0.05, 0) is 41.3 Å². The number of benzene rings is 2. The minimum absolute atomic E-state index is 0.417. The Hall–Kier alpha value is -1.39. The number of rotatable bonds is 12. The normalized spacial score (nSPS) is 12.4. The average molecular weight is 363 g/mol. The highest BCUT2D eigenvalue weighted by atomic mass is 32.2. The van der Waals surface area contributed by atoms with E-state index >= 15 is 0 Å². The van der Waals surface area contributed by atoms with Gasteiger partial charge in [0.15, 0.2) is 0 Å². The molecule has 0 amide bonds. The molecular formula is C21H30O3S. The molecule has 25 heavy (non-hydrogen) atoms. The van der Waals surface area contributed by atoms with E-state index < -0.39 is 11.4 Å². The number of hydrogen-bond acceptors (Lipinski definition) is 2. The molecule has 0 fully saturated rings. The van der Waals surface area contributed by atoms with Crippen LogP contribution in [0.1, 0.15) is 70.3 Å². The Morgan fingerprint density at radius 1 is 0.840 bits per heavy atom. The van der Waals surface area contributed by atoms with Crippen LogP contribution in [0, 0.1) is 0 Å². The van der Waals surface area contributed by atoms with Gasteiger partial charge in [0.05, 0.1) is 0 Å². The second-order valence-electron chi connectivity index (χ2n) is 6.72. The van der Waals surface area contributed by atoms with Crippen LogP contribution in [0.2, 0.25) is 0 Å². The zero-order valence-electron chi connectivity index (χ0n) is 15.2. The summed E-state index contributed by atoms with van der Waals surface area (Å²) in [4.78, 5) is 0. The summed E-state index contributed by atoms with van der Waals surface area (Å²) in [5.41, 5.74) is 1.36. The zero-order valence-corrected chi connectivity index (χ0v) is 16.0. The molecule has 0 radical (unpaired) electrons. The molecule has 4 heteroatoms. The quantitative estimate of drug-likeness (QED) is 0.349. The van der Waals surface area contributed by atoms with Crippen molar-refractivity contribution in [1.82, 2.24) is 0 Å². The SMILES string of the molecule is CCCCCCCCCCCc1ccc2cc(OS(=O)O)ccc2c1. The molecule has 0 saturated heterocycles.